The van der Waals surface area contributed by atoms with Gasteiger partial charge < -0.3 is 14.0 Å². The zero-order chi connectivity index (χ0) is 15.1. The van der Waals surface area contributed by atoms with Crippen LogP contribution in [0.2, 0.25) is 0 Å². The molecule has 0 amide bonds. The third-order valence-corrected chi connectivity index (χ3v) is 3.06. The van der Waals surface area contributed by atoms with Crippen molar-refractivity contribution in [2.75, 3.05) is 14.2 Å². The number of para-hydroxylation sites is 1. The molecule has 1 aromatic heterocycles. The number of carbonyl (C=O) groups excluding carboxylic acids is 1. The van der Waals surface area contributed by atoms with Crippen molar-refractivity contribution in [2.45, 2.75) is 25.7 Å². The Morgan fingerprint density at radius 1 is 1.24 bits per heavy atom. The maximum Gasteiger partial charge on any atom is 0.305 e. The van der Waals surface area contributed by atoms with Gasteiger partial charge in [0.25, 0.3) is 5.89 Å². The van der Waals surface area contributed by atoms with Gasteiger partial charge in [-0.25, -0.2) is 0 Å². The van der Waals surface area contributed by atoms with Gasteiger partial charge in [-0.15, -0.1) is 0 Å². The summed E-state index contributed by atoms with van der Waals surface area (Å²) in [7, 11) is 2.99. The molecule has 0 aliphatic rings. The number of hydrogen-bond donors (Lipinski definition) is 0. The Kier molecular flexibility index (Phi) is 5.31. The highest BCUT2D eigenvalue weighted by Gasteiger charge is 2.13. The molecule has 2 rings (SSSR count). The van der Waals surface area contributed by atoms with Crippen molar-refractivity contribution in [1.29, 1.82) is 0 Å². The third-order valence-electron chi connectivity index (χ3n) is 3.06. The molecular formula is C15H18N2O4. The second-order valence-electron chi connectivity index (χ2n) is 4.50. The summed E-state index contributed by atoms with van der Waals surface area (Å²) in [6.07, 6.45) is 2.62. The van der Waals surface area contributed by atoms with E-state index in [1.54, 1.807) is 7.11 Å². The van der Waals surface area contributed by atoms with Crippen LogP contribution in [0.15, 0.2) is 28.8 Å². The first-order valence-corrected chi connectivity index (χ1v) is 6.77. The Morgan fingerprint density at radius 3 is 2.81 bits per heavy atom. The molecule has 0 saturated carbocycles. The number of methoxy groups -OCH3 is 2. The highest BCUT2D eigenvalue weighted by Crippen LogP contribution is 2.28. The molecule has 6 heteroatoms. The van der Waals surface area contributed by atoms with Crippen molar-refractivity contribution >= 4 is 5.97 Å². The topological polar surface area (TPSA) is 74.5 Å². The second-order valence-corrected chi connectivity index (χ2v) is 4.50. The number of esters is 1. The first-order valence-electron chi connectivity index (χ1n) is 6.77. The van der Waals surface area contributed by atoms with E-state index >= 15 is 0 Å². The SMILES string of the molecule is COC(=O)CCCCc1noc(-c2ccccc2OC)n1. The first-order chi connectivity index (χ1) is 10.2. The molecule has 0 spiro atoms. The number of unbranched alkanes of at least 4 members (excludes halogenated alkanes) is 1. The van der Waals surface area contributed by atoms with Gasteiger partial charge >= 0.3 is 5.97 Å². The summed E-state index contributed by atoms with van der Waals surface area (Å²) in [5, 5.41) is 3.95. The standard InChI is InChI=1S/C15H18N2O4/c1-19-12-8-4-3-7-11(12)15-16-13(17-21-15)9-5-6-10-14(18)20-2/h3-4,7-8H,5-6,9-10H2,1-2H3. The number of rotatable bonds is 7. The van der Waals surface area contributed by atoms with Crippen LogP contribution in [-0.2, 0) is 16.0 Å². The van der Waals surface area contributed by atoms with Gasteiger partial charge in [-0.2, -0.15) is 4.98 Å². The summed E-state index contributed by atoms with van der Waals surface area (Å²) in [5.74, 6) is 1.56. The van der Waals surface area contributed by atoms with Crippen LogP contribution >= 0.6 is 0 Å². The number of nitrogens with zero attached hydrogens (tertiary/aromatic N) is 2. The fraction of sp³-hybridized carbons (Fsp3) is 0.400. The fourth-order valence-corrected chi connectivity index (χ4v) is 1.94. The Morgan fingerprint density at radius 2 is 2.05 bits per heavy atom. The molecule has 1 aromatic carbocycles. The van der Waals surface area contributed by atoms with E-state index < -0.39 is 0 Å². The first kappa shape index (κ1) is 15.0. The molecular weight excluding hydrogens is 272 g/mol. The lowest BCUT2D eigenvalue weighted by Gasteiger charge is -2.02. The van der Waals surface area contributed by atoms with Crippen molar-refractivity contribution in [3.05, 3.63) is 30.1 Å². The molecule has 0 atom stereocenters. The van der Waals surface area contributed by atoms with Gasteiger partial charge in [-0.05, 0) is 25.0 Å². The largest absolute Gasteiger partial charge is 0.496 e. The van der Waals surface area contributed by atoms with Gasteiger partial charge in [0.1, 0.15) is 5.75 Å². The van der Waals surface area contributed by atoms with E-state index in [-0.39, 0.29) is 5.97 Å². The van der Waals surface area contributed by atoms with Crippen LogP contribution in [-0.4, -0.2) is 30.3 Å². The van der Waals surface area contributed by atoms with Gasteiger partial charge in [0.15, 0.2) is 5.82 Å². The van der Waals surface area contributed by atoms with E-state index in [2.05, 4.69) is 14.9 Å². The predicted octanol–water partition coefficient (Wildman–Crippen LogP) is 2.63. The third kappa shape index (κ3) is 4.05. The summed E-state index contributed by atoms with van der Waals surface area (Å²) >= 11 is 0. The number of benzene rings is 1. The minimum absolute atomic E-state index is 0.196. The van der Waals surface area contributed by atoms with E-state index in [4.69, 9.17) is 9.26 Å². The number of ether oxygens (including phenoxy) is 2. The minimum Gasteiger partial charge on any atom is -0.496 e. The molecule has 0 saturated heterocycles. The minimum atomic E-state index is -0.196. The van der Waals surface area contributed by atoms with Gasteiger partial charge in [-0.1, -0.05) is 17.3 Å². The van der Waals surface area contributed by atoms with Crippen molar-refractivity contribution < 1.29 is 18.8 Å². The van der Waals surface area contributed by atoms with Crippen molar-refractivity contribution in [3.63, 3.8) is 0 Å². The second kappa shape index (κ2) is 7.42. The van der Waals surface area contributed by atoms with Crippen molar-refractivity contribution in [3.8, 4) is 17.2 Å². The average Bonchev–Trinajstić information content (AvgIpc) is 3.00. The summed E-state index contributed by atoms with van der Waals surface area (Å²) in [6.45, 7) is 0. The molecule has 0 unspecified atom stereocenters. The zero-order valence-corrected chi connectivity index (χ0v) is 12.2. The molecule has 112 valence electrons. The summed E-state index contributed by atoms with van der Waals surface area (Å²) in [6, 6.07) is 7.48. The number of aromatic nitrogens is 2. The normalized spacial score (nSPS) is 10.4. The molecule has 21 heavy (non-hydrogen) atoms. The molecule has 0 aliphatic carbocycles. The Hall–Kier alpha value is -2.37. The predicted molar refractivity (Wildman–Crippen MR) is 75.9 cm³/mol. The van der Waals surface area contributed by atoms with Crippen LogP contribution in [0, 0.1) is 0 Å². The van der Waals surface area contributed by atoms with Crippen LogP contribution in [0.3, 0.4) is 0 Å². The van der Waals surface area contributed by atoms with Crippen LogP contribution in [0.25, 0.3) is 11.5 Å². The highest BCUT2D eigenvalue weighted by atomic mass is 16.5. The molecule has 0 fully saturated rings. The van der Waals surface area contributed by atoms with E-state index in [1.165, 1.54) is 7.11 Å². The van der Waals surface area contributed by atoms with Crippen LogP contribution in [0.1, 0.15) is 25.1 Å². The lowest BCUT2D eigenvalue weighted by molar-refractivity contribution is -0.140. The molecule has 1 heterocycles. The fourth-order valence-electron chi connectivity index (χ4n) is 1.94. The molecule has 0 N–H and O–H groups in total. The van der Waals surface area contributed by atoms with E-state index in [9.17, 15) is 4.79 Å². The lowest BCUT2D eigenvalue weighted by atomic mass is 10.2. The molecule has 0 bridgehead atoms. The summed E-state index contributed by atoms with van der Waals surface area (Å²) < 4.78 is 15.1. The quantitative estimate of drug-likeness (QED) is 0.576. The number of hydrogen-bond acceptors (Lipinski definition) is 6. The molecule has 6 nitrogen and oxygen atoms in total. The average molecular weight is 290 g/mol. The molecule has 2 aromatic rings. The van der Waals surface area contributed by atoms with Gasteiger partial charge in [0.05, 0.1) is 19.8 Å². The number of carbonyl (C=O) groups is 1. The zero-order valence-electron chi connectivity index (χ0n) is 12.2. The Bertz CT molecular complexity index is 595. The summed E-state index contributed by atoms with van der Waals surface area (Å²) in [4.78, 5) is 15.3. The van der Waals surface area contributed by atoms with Crippen molar-refractivity contribution in [2.24, 2.45) is 0 Å². The van der Waals surface area contributed by atoms with Crippen LogP contribution < -0.4 is 4.74 Å². The van der Waals surface area contributed by atoms with E-state index in [0.29, 0.717) is 30.3 Å². The van der Waals surface area contributed by atoms with Gasteiger partial charge in [0.2, 0.25) is 0 Å². The van der Waals surface area contributed by atoms with Crippen LogP contribution in [0.4, 0.5) is 0 Å². The monoisotopic (exact) mass is 290 g/mol. The molecule has 0 radical (unpaired) electrons. The van der Waals surface area contributed by atoms with Crippen LogP contribution in [0.5, 0.6) is 5.75 Å². The molecule has 0 aliphatic heterocycles. The maximum atomic E-state index is 11.0. The van der Waals surface area contributed by atoms with E-state index in [1.807, 2.05) is 24.3 Å². The van der Waals surface area contributed by atoms with Gasteiger partial charge in [0, 0.05) is 12.8 Å². The Balaban J connectivity index is 1.94. The summed E-state index contributed by atoms with van der Waals surface area (Å²) in [5.41, 5.74) is 0.772. The highest BCUT2D eigenvalue weighted by molar-refractivity contribution is 5.69. The lowest BCUT2D eigenvalue weighted by Crippen LogP contribution is -2.00. The maximum absolute atomic E-state index is 11.0. The number of aryl methyl sites for hydroxylation is 1. The smallest absolute Gasteiger partial charge is 0.305 e. The van der Waals surface area contributed by atoms with E-state index in [0.717, 1.165) is 18.4 Å². The Labute approximate surface area is 123 Å². The van der Waals surface area contributed by atoms with Gasteiger partial charge in [-0.3, -0.25) is 4.79 Å². The van der Waals surface area contributed by atoms with Crippen molar-refractivity contribution in [1.82, 2.24) is 10.1 Å².